The third-order valence-electron chi connectivity index (χ3n) is 4.23. The molecule has 9 heteroatoms. The molecule has 3 rings (SSSR count). The summed E-state index contributed by atoms with van der Waals surface area (Å²) in [5, 5.41) is 13.4. The van der Waals surface area contributed by atoms with Gasteiger partial charge in [-0.15, -0.1) is 0 Å². The summed E-state index contributed by atoms with van der Waals surface area (Å²) in [6, 6.07) is 5.55. The van der Waals surface area contributed by atoms with Crippen LogP contribution in [-0.4, -0.2) is 25.8 Å². The number of halogens is 4. The van der Waals surface area contributed by atoms with Crippen molar-refractivity contribution in [2.45, 2.75) is 26.4 Å². The van der Waals surface area contributed by atoms with Crippen LogP contribution in [-0.2, 0) is 12.6 Å². The number of carboxylic acids is 1. The number of aromatic nitrogens is 3. The van der Waals surface area contributed by atoms with E-state index in [9.17, 15) is 27.5 Å². The molecule has 146 valence electrons. The fraction of sp³-hybridized carbons (Fsp3) is 0.211. The second-order valence-electron chi connectivity index (χ2n) is 6.31. The van der Waals surface area contributed by atoms with E-state index in [1.807, 2.05) is 0 Å². The number of alkyl halides is 3. The number of hydrogen-bond donors (Lipinski definition) is 1. The second kappa shape index (κ2) is 7.06. The number of benzene rings is 1. The van der Waals surface area contributed by atoms with E-state index in [1.165, 1.54) is 10.9 Å². The van der Waals surface area contributed by atoms with Gasteiger partial charge in [-0.2, -0.15) is 18.3 Å². The van der Waals surface area contributed by atoms with Gasteiger partial charge in [0.25, 0.3) is 0 Å². The lowest BCUT2D eigenvalue weighted by Gasteiger charge is -2.10. The van der Waals surface area contributed by atoms with Crippen LogP contribution in [0.2, 0.25) is 0 Å². The summed E-state index contributed by atoms with van der Waals surface area (Å²) in [5.74, 6) is -1.77. The summed E-state index contributed by atoms with van der Waals surface area (Å²) in [4.78, 5) is 15.5. The first-order valence-corrected chi connectivity index (χ1v) is 8.17. The monoisotopic (exact) mass is 393 g/mol. The number of aromatic carboxylic acids is 1. The Balaban J connectivity index is 1.97. The number of carboxylic acid groups (broad SMARTS) is 1. The van der Waals surface area contributed by atoms with Crippen molar-refractivity contribution in [1.29, 1.82) is 0 Å². The van der Waals surface area contributed by atoms with Crippen LogP contribution < -0.4 is 0 Å². The summed E-state index contributed by atoms with van der Waals surface area (Å²) in [5.41, 5.74) is 0.433. The molecule has 5 nitrogen and oxygen atoms in total. The van der Waals surface area contributed by atoms with Crippen molar-refractivity contribution in [2.24, 2.45) is 0 Å². The molecule has 0 saturated heterocycles. The summed E-state index contributed by atoms with van der Waals surface area (Å²) in [6.45, 7) is 3.14. The van der Waals surface area contributed by atoms with Gasteiger partial charge in [-0.3, -0.25) is 0 Å². The molecule has 2 aromatic heterocycles. The van der Waals surface area contributed by atoms with Crippen LogP contribution >= 0.6 is 0 Å². The van der Waals surface area contributed by atoms with Gasteiger partial charge < -0.3 is 5.11 Å². The van der Waals surface area contributed by atoms with Crippen LogP contribution in [0.25, 0.3) is 5.82 Å². The summed E-state index contributed by atoms with van der Waals surface area (Å²) in [6.07, 6.45) is -3.16. The zero-order valence-corrected chi connectivity index (χ0v) is 14.9. The highest BCUT2D eigenvalue weighted by molar-refractivity contribution is 5.90. The van der Waals surface area contributed by atoms with Crippen LogP contribution in [0, 0.1) is 19.7 Å². The highest BCUT2D eigenvalue weighted by Gasteiger charge is 2.31. The predicted octanol–water partition coefficient (Wildman–Crippen LogP) is 4.33. The molecule has 0 amide bonds. The molecule has 0 atom stereocenters. The van der Waals surface area contributed by atoms with Gasteiger partial charge in [0, 0.05) is 6.20 Å². The van der Waals surface area contributed by atoms with Crippen molar-refractivity contribution >= 4 is 5.97 Å². The van der Waals surface area contributed by atoms with E-state index in [1.54, 1.807) is 26.0 Å². The lowest BCUT2D eigenvalue weighted by Crippen LogP contribution is -2.07. The van der Waals surface area contributed by atoms with E-state index in [2.05, 4.69) is 10.1 Å². The van der Waals surface area contributed by atoms with Crippen molar-refractivity contribution in [2.75, 3.05) is 0 Å². The number of carbonyl (C=O) groups is 1. The van der Waals surface area contributed by atoms with Crippen LogP contribution in [0.3, 0.4) is 0 Å². The predicted molar refractivity (Wildman–Crippen MR) is 92.0 cm³/mol. The summed E-state index contributed by atoms with van der Waals surface area (Å²) >= 11 is 0. The van der Waals surface area contributed by atoms with E-state index >= 15 is 0 Å². The molecule has 0 bridgehead atoms. The Morgan fingerprint density at radius 1 is 1.14 bits per heavy atom. The highest BCUT2D eigenvalue weighted by Crippen LogP contribution is 2.31. The quantitative estimate of drug-likeness (QED) is 0.670. The van der Waals surface area contributed by atoms with E-state index in [0.29, 0.717) is 28.8 Å². The average molecular weight is 393 g/mol. The first kappa shape index (κ1) is 19.5. The van der Waals surface area contributed by atoms with Crippen LogP contribution in [0.15, 0.2) is 36.5 Å². The minimum atomic E-state index is -4.64. The Labute approximate surface area is 157 Å². The normalized spacial score (nSPS) is 11.6. The third-order valence-corrected chi connectivity index (χ3v) is 4.23. The second-order valence-corrected chi connectivity index (χ2v) is 6.31. The largest absolute Gasteiger partial charge is 0.478 e. The standard InChI is InChI=1S/C19H15F4N3O2/c1-10-17(18(27)28)11(2)26(25-10)16-8-12(3-4-24-16)5-13-6-14(19(21,22)23)9-15(20)7-13/h3-4,6-9H,5H2,1-2H3,(H,27,28). The fourth-order valence-electron chi connectivity index (χ4n) is 3.01. The number of rotatable bonds is 4. The molecular weight excluding hydrogens is 378 g/mol. The molecular formula is C19H15F4N3O2. The zero-order valence-electron chi connectivity index (χ0n) is 14.9. The number of hydrogen-bond acceptors (Lipinski definition) is 3. The first-order chi connectivity index (χ1) is 13.1. The molecule has 0 radical (unpaired) electrons. The molecule has 1 aromatic carbocycles. The topological polar surface area (TPSA) is 68.0 Å². The molecule has 3 aromatic rings. The maximum Gasteiger partial charge on any atom is 0.416 e. The lowest BCUT2D eigenvalue weighted by molar-refractivity contribution is -0.137. The van der Waals surface area contributed by atoms with Crippen LogP contribution in [0.5, 0.6) is 0 Å². The van der Waals surface area contributed by atoms with Gasteiger partial charge in [-0.05, 0) is 61.7 Å². The highest BCUT2D eigenvalue weighted by atomic mass is 19.4. The molecule has 0 spiro atoms. The lowest BCUT2D eigenvalue weighted by atomic mass is 10.0. The Kier molecular flexibility index (Phi) is 4.93. The van der Waals surface area contributed by atoms with Gasteiger partial charge in [-0.25, -0.2) is 18.9 Å². The molecule has 0 unspecified atom stereocenters. The van der Waals surface area contributed by atoms with Gasteiger partial charge in [0.05, 0.1) is 17.0 Å². The average Bonchev–Trinajstić information content (AvgIpc) is 2.88. The molecule has 1 N–H and O–H groups in total. The Morgan fingerprint density at radius 2 is 1.86 bits per heavy atom. The van der Waals surface area contributed by atoms with Crippen molar-refractivity contribution in [1.82, 2.24) is 14.8 Å². The molecule has 2 heterocycles. The van der Waals surface area contributed by atoms with Gasteiger partial charge in [0.2, 0.25) is 0 Å². The van der Waals surface area contributed by atoms with E-state index in [4.69, 9.17) is 0 Å². The summed E-state index contributed by atoms with van der Waals surface area (Å²) < 4.78 is 53.6. The van der Waals surface area contributed by atoms with Crippen molar-refractivity contribution in [3.63, 3.8) is 0 Å². The molecule has 0 aliphatic carbocycles. The molecule has 0 aliphatic rings. The van der Waals surface area contributed by atoms with Gasteiger partial charge >= 0.3 is 12.1 Å². The van der Waals surface area contributed by atoms with Gasteiger partial charge in [0.15, 0.2) is 5.82 Å². The number of nitrogens with zero attached hydrogens (tertiary/aromatic N) is 3. The molecule has 0 saturated carbocycles. The van der Waals surface area contributed by atoms with Crippen molar-refractivity contribution in [3.05, 3.63) is 76.0 Å². The molecule has 0 aliphatic heterocycles. The third kappa shape index (κ3) is 3.88. The maximum atomic E-state index is 13.6. The maximum absolute atomic E-state index is 13.6. The van der Waals surface area contributed by atoms with E-state index in [0.717, 1.165) is 12.1 Å². The molecule has 0 fully saturated rings. The first-order valence-electron chi connectivity index (χ1n) is 8.17. The Morgan fingerprint density at radius 3 is 2.46 bits per heavy atom. The summed E-state index contributed by atoms with van der Waals surface area (Å²) in [7, 11) is 0. The zero-order chi connectivity index (χ0) is 20.6. The van der Waals surface area contributed by atoms with E-state index < -0.39 is 23.5 Å². The van der Waals surface area contributed by atoms with Gasteiger partial charge in [-0.1, -0.05) is 0 Å². The Bertz CT molecular complexity index is 1060. The number of aryl methyl sites for hydroxylation is 1. The minimum absolute atomic E-state index is 0.0431. The Hall–Kier alpha value is -3.23. The molecule has 28 heavy (non-hydrogen) atoms. The van der Waals surface area contributed by atoms with Crippen LogP contribution in [0.4, 0.5) is 17.6 Å². The van der Waals surface area contributed by atoms with Crippen molar-refractivity contribution < 1.29 is 27.5 Å². The van der Waals surface area contributed by atoms with Gasteiger partial charge in [0.1, 0.15) is 11.4 Å². The van der Waals surface area contributed by atoms with E-state index in [-0.39, 0.29) is 17.5 Å². The minimum Gasteiger partial charge on any atom is -0.478 e. The SMILES string of the molecule is Cc1nn(-c2cc(Cc3cc(F)cc(C(F)(F)F)c3)ccn2)c(C)c1C(=O)O. The fourth-order valence-corrected chi connectivity index (χ4v) is 3.01. The smallest absolute Gasteiger partial charge is 0.416 e. The van der Waals surface area contributed by atoms with Crippen molar-refractivity contribution in [3.8, 4) is 5.82 Å². The number of pyridine rings is 1. The van der Waals surface area contributed by atoms with Crippen LogP contribution in [0.1, 0.15) is 38.4 Å².